The molecule has 0 atom stereocenters. The monoisotopic (exact) mass is 372 g/mol. The number of amides is 2. The SMILES string of the molecule is O=C(CCCNC(=O)C12CC3CC(CC(C3)C1)C2)NCc1ccc(F)cc1. The second-order valence-electron chi connectivity index (χ2n) is 8.96. The Morgan fingerprint density at radius 1 is 0.963 bits per heavy atom. The highest BCUT2D eigenvalue weighted by Crippen LogP contribution is 2.60. The van der Waals surface area contributed by atoms with Crippen LogP contribution in [-0.2, 0) is 16.1 Å². The molecule has 2 N–H and O–H groups in total. The Balaban J connectivity index is 1.16. The molecule has 5 rings (SSSR count). The highest BCUT2D eigenvalue weighted by Gasteiger charge is 2.54. The number of hydrogen-bond donors (Lipinski definition) is 2. The summed E-state index contributed by atoms with van der Waals surface area (Å²) in [6, 6.07) is 6.12. The standard InChI is InChI=1S/C22H29FN2O2/c23-19-5-3-15(4-6-19)14-25-20(26)2-1-7-24-21(27)22-11-16-8-17(12-22)10-18(9-16)13-22/h3-6,16-18H,1-2,7-14H2,(H,24,27)(H,25,26). The second-order valence-corrected chi connectivity index (χ2v) is 8.96. The largest absolute Gasteiger partial charge is 0.356 e. The smallest absolute Gasteiger partial charge is 0.226 e. The lowest BCUT2D eigenvalue weighted by Gasteiger charge is -2.55. The first-order valence-electron chi connectivity index (χ1n) is 10.3. The molecule has 4 aliphatic carbocycles. The van der Waals surface area contributed by atoms with Gasteiger partial charge in [0.15, 0.2) is 0 Å². The Bertz CT molecular complexity index is 665. The second kappa shape index (κ2) is 7.61. The third kappa shape index (κ3) is 4.17. The number of nitrogens with one attached hydrogen (secondary N) is 2. The van der Waals surface area contributed by atoms with Crippen molar-refractivity contribution in [1.29, 1.82) is 0 Å². The van der Waals surface area contributed by atoms with Crippen molar-refractivity contribution in [1.82, 2.24) is 10.6 Å². The van der Waals surface area contributed by atoms with Gasteiger partial charge in [-0.3, -0.25) is 9.59 Å². The van der Waals surface area contributed by atoms with Gasteiger partial charge < -0.3 is 10.6 Å². The van der Waals surface area contributed by atoms with E-state index in [9.17, 15) is 14.0 Å². The number of carbonyl (C=O) groups excluding carboxylic acids is 2. The predicted molar refractivity (Wildman–Crippen MR) is 101 cm³/mol. The maximum atomic E-state index is 12.9. The van der Waals surface area contributed by atoms with E-state index in [0.29, 0.717) is 25.9 Å². The van der Waals surface area contributed by atoms with Crippen molar-refractivity contribution in [3.63, 3.8) is 0 Å². The van der Waals surface area contributed by atoms with Gasteiger partial charge in [-0.2, -0.15) is 0 Å². The van der Waals surface area contributed by atoms with Gasteiger partial charge in [0.25, 0.3) is 0 Å². The van der Waals surface area contributed by atoms with E-state index in [1.807, 2.05) is 0 Å². The zero-order valence-corrected chi connectivity index (χ0v) is 15.8. The van der Waals surface area contributed by atoms with Crippen LogP contribution in [0.4, 0.5) is 4.39 Å². The summed E-state index contributed by atoms with van der Waals surface area (Å²) in [6.07, 6.45) is 8.26. The number of hydrogen-bond acceptors (Lipinski definition) is 2. The van der Waals surface area contributed by atoms with Gasteiger partial charge in [-0.25, -0.2) is 4.39 Å². The fourth-order valence-electron chi connectivity index (χ4n) is 5.92. The summed E-state index contributed by atoms with van der Waals surface area (Å²) >= 11 is 0. The third-order valence-corrected chi connectivity index (χ3v) is 6.79. The van der Waals surface area contributed by atoms with E-state index < -0.39 is 0 Å². The fourth-order valence-corrected chi connectivity index (χ4v) is 5.92. The minimum Gasteiger partial charge on any atom is -0.356 e. The summed E-state index contributed by atoms with van der Waals surface area (Å²) in [5.41, 5.74) is 0.763. The summed E-state index contributed by atoms with van der Waals surface area (Å²) in [4.78, 5) is 24.8. The van der Waals surface area contributed by atoms with Crippen molar-refractivity contribution in [2.24, 2.45) is 23.2 Å². The van der Waals surface area contributed by atoms with E-state index in [4.69, 9.17) is 0 Å². The number of benzene rings is 1. The molecule has 0 saturated heterocycles. The average Bonchev–Trinajstić information content (AvgIpc) is 2.63. The maximum Gasteiger partial charge on any atom is 0.226 e. The van der Waals surface area contributed by atoms with Crippen molar-refractivity contribution in [2.75, 3.05) is 6.54 Å². The molecule has 0 aromatic heterocycles. The van der Waals surface area contributed by atoms with Crippen LogP contribution in [0.15, 0.2) is 24.3 Å². The first-order chi connectivity index (χ1) is 13.0. The lowest BCUT2D eigenvalue weighted by molar-refractivity contribution is -0.146. The highest BCUT2D eigenvalue weighted by molar-refractivity contribution is 5.83. The van der Waals surface area contributed by atoms with Crippen LogP contribution in [0.1, 0.15) is 56.9 Å². The maximum absolute atomic E-state index is 12.9. The minimum atomic E-state index is -0.278. The van der Waals surface area contributed by atoms with Gasteiger partial charge in [-0.15, -0.1) is 0 Å². The molecule has 4 fully saturated rings. The lowest BCUT2D eigenvalue weighted by Crippen LogP contribution is -2.53. The summed E-state index contributed by atoms with van der Waals surface area (Å²) in [6.45, 7) is 0.962. The van der Waals surface area contributed by atoms with E-state index in [2.05, 4.69) is 10.6 Å². The van der Waals surface area contributed by atoms with Crippen LogP contribution in [0.25, 0.3) is 0 Å². The number of halogens is 1. The summed E-state index contributed by atoms with van der Waals surface area (Å²) in [7, 11) is 0. The molecule has 0 spiro atoms. The molecule has 0 unspecified atom stereocenters. The van der Waals surface area contributed by atoms with Crippen molar-refractivity contribution >= 4 is 11.8 Å². The van der Waals surface area contributed by atoms with Gasteiger partial charge in [0.05, 0.1) is 0 Å². The molecule has 4 aliphatic rings. The molecule has 0 heterocycles. The van der Waals surface area contributed by atoms with E-state index in [0.717, 1.165) is 42.6 Å². The van der Waals surface area contributed by atoms with Crippen LogP contribution in [0, 0.1) is 29.0 Å². The molecule has 5 heteroatoms. The molecular formula is C22H29FN2O2. The van der Waals surface area contributed by atoms with Crippen molar-refractivity contribution in [3.05, 3.63) is 35.6 Å². The Morgan fingerprint density at radius 2 is 1.56 bits per heavy atom. The topological polar surface area (TPSA) is 58.2 Å². The van der Waals surface area contributed by atoms with E-state index in [-0.39, 0.29) is 23.0 Å². The number of rotatable bonds is 7. The first-order valence-corrected chi connectivity index (χ1v) is 10.3. The van der Waals surface area contributed by atoms with Crippen LogP contribution in [0.2, 0.25) is 0 Å². The van der Waals surface area contributed by atoms with Crippen LogP contribution >= 0.6 is 0 Å². The first kappa shape index (κ1) is 18.5. The van der Waals surface area contributed by atoms with Crippen LogP contribution in [0.3, 0.4) is 0 Å². The van der Waals surface area contributed by atoms with E-state index >= 15 is 0 Å². The van der Waals surface area contributed by atoms with Crippen molar-refractivity contribution in [2.45, 2.75) is 57.9 Å². The number of carbonyl (C=O) groups is 2. The molecule has 4 bridgehead atoms. The zero-order valence-electron chi connectivity index (χ0n) is 15.8. The van der Waals surface area contributed by atoms with E-state index in [1.54, 1.807) is 12.1 Å². The van der Waals surface area contributed by atoms with Gasteiger partial charge >= 0.3 is 0 Å². The molecular weight excluding hydrogens is 343 g/mol. The Hall–Kier alpha value is -1.91. The average molecular weight is 372 g/mol. The van der Waals surface area contributed by atoms with E-state index in [1.165, 1.54) is 31.4 Å². The van der Waals surface area contributed by atoms with Crippen molar-refractivity contribution in [3.8, 4) is 0 Å². The highest BCUT2D eigenvalue weighted by atomic mass is 19.1. The fraction of sp³-hybridized carbons (Fsp3) is 0.636. The molecule has 1 aromatic rings. The molecule has 2 amide bonds. The van der Waals surface area contributed by atoms with Crippen LogP contribution < -0.4 is 10.6 Å². The quantitative estimate of drug-likeness (QED) is 0.719. The molecule has 0 aliphatic heterocycles. The minimum absolute atomic E-state index is 0.0385. The summed E-state index contributed by atoms with van der Waals surface area (Å²) in [5, 5.41) is 5.96. The molecule has 0 radical (unpaired) electrons. The Morgan fingerprint density at radius 3 is 2.15 bits per heavy atom. The van der Waals surface area contributed by atoms with Gasteiger partial charge in [0.2, 0.25) is 11.8 Å². The van der Waals surface area contributed by atoms with Crippen LogP contribution in [-0.4, -0.2) is 18.4 Å². The Kier molecular flexibility index (Phi) is 5.20. The molecule has 146 valence electrons. The lowest BCUT2D eigenvalue weighted by atomic mass is 9.49. The molecule has 1 aromatic carbocycles. The third-order valence-electron chi connectivity index (χ3n) is 6.79. The zero-order chi connectivity index (χ0) is 18.9. The normalized spacial score (nSPS) is 30.9. The molecule has 27 heavy (non-hydrogen) atoms. The Labute approximate surface area is 160 Å². The molecule has 4 saturated carbocycles. The van der Waals surface area contributed by atoms with Crippen molar-refractivity contribution < 1.29 is 14.0 Å². The summed E-state index contributed by atoms with van der Waals surface area (Å²) < 4.78 is 12.9. The predicted octanol–water partition coefficient (Wildman–Crippen LogP) is 3.55. The van der Waals surface area contributed by atoms with Gasteiger partial charge in [0.1, 0.15) is 5.82 Å². The van der Waals surface area contributed by atoms with Gasteiger partial charge in [0, 0.05) is 24.9 Å². The van der Waals surface area contributed by atoms with Gasteiger partial charge in [-0.05, 0) is 80.4 Å². The summed E-state index contributed by atoms with van der Waals surface area (Å²) in [5.74, 6) is 2.20. The molecule has 4 nitrogen and oxygen atoms in total. The van der Waals surface area contributed by atoms with Crippen LogP contribution in [0.5, 0.6) is 0 Å². The van der Waals surface area contributed by atoms with Gasteiger partial charge in [-0.1, -0.05) is 12.1 Å².